The molecular formula is C11H19IN4OS. The van der Waals surface area contributed by atoms with Crippen molar-refractivity contribution in [1.82, 2.24) is 15.5 Å². The monoisotopic (exact) mass is 382 g/mol. The summed E-state index contributed by atoms with van der Waals surface area (Å²) in [6.45, 7) is 0.963. The summed E-state index contributed by atoms with van der Waals surface area (Å²) in [5.41, 5.74) is 0. The molecule has 0 saturated carbocycles. The van der Waals surface area contributed by atoms with Crippen LogP contribution in [-0.4, -0.2) is 44.5 Å². The van der Waals surface area contributed by atoms with Crippen LogP contribution in [0.15, 0.2) is 22.5 Å². The number of nitrogens with zero attached hydrogens (tertiary/aromatic N) is 2. The second-order valence-electron chi connectivity index (χ2n) is 3.65. The first-order valence-electron chi connectivity index (χ1n) is 5.30. The smallest absolute Gasteiger partial charge is 0.241 e. The van der Waals surface area contributed by atoms with E-state index in [1.165, 1.54) is 4.88 Å². The van der Waals surface area contributed by atoms with Crippen LogP contribution in [-0.2, 0) is 11.3 Å². The predicted molar refractivity (Wildman–Crippen MR) is 86.6 cm³/mol. The molecule has 18 heavy (non-hydrogen) atoms. The minimum absolute atomic E-state index is 0. The number of likely N-dealkylation sites (N-methyl/N-ethyl adjacent to an activating group) is 1. The normalized spacial score (nSPS) is 10.5. The summed E-state index contributed by atoms with van der Waals surface area (Å²) in [6, 6.07) is 4.06. The zero-order chi connectivity index (χ0) is 12.7. The lowest BCUT2D eigenvalue weighted by Crippen LogP contribution is -2.42. The van der Waals surface area contributed by atoms with Crippen molar-refractivity contribution in [2.24, 2.45) is 4.99 Å². The van der Waals surface area contributed by atoms with Crippen LogP contribution in [0.1, 0.15) is 4.88 Å². The molecule has 0 unspecified atom stereocenters. The Hall–Kier alpha value is -0.830. The molecule has 1 aromatic rings. The van der Waals surface area contributed by atoms with E-state index in [-0.39, 0.29) is 36.4 Å². The highest BCUT2D eigenvalue weighted by atomic mass is 127. The lowest BCUT2D eigenvalue weighted by atomic mass is 10.4. The molecule has 0 aromatic carbocycles. The van der Waals surface area contributed by atoms with Gasteiger partial charge in [-0.25, -0.2) is 0 Å². The fourth-order valence-corrected chi connectivity index (χ4v) is 1.77. The topological polar surface area (TPSA) is 56.7 Å². The number of rotatable bonds is 4. The van der Waals surface area contributed by atoms with Gasteiger partial charge in [0.1, 0.15) is 0 Å². The maximum Gasteiger partial charge on any atom is 0.241 e. The minimum Gasteiger partial charge on any atom is -0.352 e. The number of carbonyl (C=O) groups is 1. The molecule has 1 amide bonds. The van der Waals surface area contributed by atoms with Gasteiger partial charge in [-0.05, 0) is 11.4 Å². The quantitative estimate of drug-likeness (QED) is 0.466. The molecule has 0 radical (unpaired) electrons. The van der Waals surface area contributed by atoms with Gasteiger partial charge in [0.2, 0.25) is 5.91 Å². The van der Waals surface area contributed by atoms with Crippen LogP contribution in [0.3, 0.4) is 0 Å². The largest absolute Gasteiger partial charge is 0.352 e. The maximum absolute atomic E-state index is 11.4. The summed E-state index contributed by atoms with van der Waals surface area (Å²) in [5.74, 6) is 0.651. The number of thiophene rings is 1. The van der Waals surface area contributed by atoms with E-state index in [1.807, 2.05) is 11.4 Å². The number of carbonyl (C=O) groups excluding carboxylic acids is 1. The van der Waals surface area contributed by atoms with Gasteiger partial charge in [0.25, 0.3) is 0 Å². The number of hydrogen-bond acceptors (Lipinski definition) is 3. The van der Waals surface area contributed by atoms with Gasteiger partial charge in [0, 0.05) is 26.0 Å². The van der Waals surface area contributed by atoms with Crippen molar-refractivity contribution in [1.29, 1.82) is 0 Å². The van der Waals surface area contributed by atoms with Crippen molar-refractivity contribution in [2.75, 3.05) is 27.7 Å². The maximum atomic E-state index is 11.4. The summed E-state index contributed by atoms with van der Waals surface area (Å²) >= 11 is 1.68. The summed E-state index contributed by atoms with van der Waals surface area (Å²) < 4.78 is 0. The van der Waals surface area contributed by atoms with Crippen LogP contribution < -0.4 is 10.6 Å². The third-order valence-corrected chi connectivity index (χ3v) is 3.02. The molecule has 0 aliphatic heterocycles. The number of nitrogens with one attached hydrogen (secondary N) is 2. The standard InChI is InChI=1S/C11H18N4OS.HI/c1-12-11(14-8-10(16)15(2)3)13-7-9-5-4-6-17-9;/h4-6H,7-8H2,1-3H3,(H2,12,13,14);1H. The lowest BCUT2D eigenvalue weighted by Gasteiger charge is -2.13. The molecule has 1 rings (SSSR count). The first-order valence-corrected chi connectivity index (χ1v) is 6.18. The zero-order valence-corrected chi connectivity index (χ0v) is 13.9. The van der Waals surface area contributed by atoms with Gasteiger partial charge in [0.05, 0.1) is 13.1 Å². The number of amides is 1. The van der Waals surface area contributed by atoms with Gasteiger partial charge in [-0.3, -0.25) is 9.79 Å². The van der Waals surface area contributed by atoms with Crippen molar-refractivity contribution in [3.8, 4) is 0 Å². The molecule has 0 saturated heterocycles. The van der Waals surface area contributed by atoms with Crippen molar-refractivity contribution in [3.05, 3.63) is 22.4 Å². The van der Waals surface area contributed by atoms with Crippen LogP contribution in [0.5, 0.6) is 0 Å². The SMILES string of the molecule is CN=C(NCC(=O)N(C)C)NCc1cccs1.I. The van der Waals surface area contributed by atoms with Gasteiger partial charge >= 0.3 is 0 Å². The van der Waals surface area contributed by atoms with E-state index >= 15 is 0 Å². The highest BCUT2D eigenvalue weighted by Gasteiger charge is 2.05. The molecule has 102 valence electrons. The molecule has 0 spiro atoms. The van der Waals surface area contributed by atoms with Gasteiger partial charge in [-0.1, -0.05) is 6.07 Å². The molecular weight excluding hydrogens is 363 g/mol. The molecule has 0 atom stereocenters. The lowest BCUT2D eigenvalue weighted by molar-refractivity contribution is -0.127. The molecule has 7 heteroatoms. The highest BCUT2D eigenvalue weighted by molar-refractivity contribution is 14.0. The Balaban J connectivity index is 0.00000289. The first-order chi connectivity index (χ1) is 8.13. The van der Waals surface area contributed by atoms with E-state index in [2.05, 4.69) is 21.7 Å². The minimum atomic E-state index is 0. The fraction of sp³-hybridized carbons (Fsp3) is 0.455. The summed E-state index contributed by atoms with van der Waals surface area (Å²) in [4.78, 5) is 18.2. The van der Waals surface area contributed by atoms with E-state index in [4.69, 9.17) is 0 Å². The van der Waals surface area contributed by atoms with E-state index in [0.717, 1.165) is 0 Å². The Labute approximate surface area is 129 Å². The molecule has 0 aliphatic rings. The zero-order valence-electron chi connectivity index (χ0n) is 10.8. The molecule has 0 bridgehead atoms. The van der Waals surface area contributed by atoms with E-state index in [1.54, 1.807) is 37.4 Å². The summed E-state index contributed by atoms with van der Waals surface area (Å²) in [7, 11) is 5.14. The van der Waals surface area contributed by atoms with Crippen LogP contribution in [0, 0.1) is 0 Å². The van der Waals surface area contributed by atoms with E-state index in [0.29, 0.717) is 12.5 Å². The molecule has 0 aliphatic carbocycles. The van der Waals surface area contributed by atoms with Crippen LogP contribution in [0.25, 0.3) is 0 Å². The first kappa shape index (κ1) is 17.2. The van der Waals surface area contributed by atoms with Crippen LogP contribution in [0.4, 0.5) is 0 Å². The van der Waals surface area contributed by atoms with Gasteiger partial charge < -0.3 is 15.5 Å². The van der Waals surface area contributed by atoms with Crippen LogP contribution >= 0.6 is 35.3 Å². The van der Waals surface area contributed by atoms with Crippen molar-refractivity contribution >= 4 is 47.2 Å². The average Bonchev–Trinajstić information content (AvgIpc) is 2.81. The van der Waals surface area contributed by atoms with Crippen LogP contribution in [0.2, 0.25) is 0 Å². The van der Waals surface area contributed by atoms with E-state index < -0.39 is 0 Å². The molecule has 5 nitrogen and oxygen atoms in total. The third-order valence-electron chi connectivity index (χ3n) is 2.14. The van der Waals surface area contributed by atoms with Crippen molar-refractivity contribution in [2.45, 2.75) is 6.54 Å². The van der Waals surface area contributed by atoms with Gasteiger partial charge in [-0.2, -0.15) is 0 Å². The van der Waals surface area contributed by atoms with Crippen molar-refractivity contribution in [3.63, 3.8) is 0 Å². The Morgan fingerprint density at radius 1 is 1.44 bits per heavy atom. The summed E-state index contributed by atoms with van der Waals surface area (Å²) in [5, 5.41) is 8.14. The third kappa shape index (κ3) is 6.20. The van der Waals surface area contributed by atoms with E-state index in [9.17, 15) is 4.79 Å². The second-order valence-corrected chi connectivity index (χ2v) is 4.68. The number of guanidine groups is 1. The Morgan fingerprint density at radius 2 is 2.17 bits per heavy atom. The average molecular weight is 382 g/mol. The number of aliphatic imine (C=N–C) groups is 1. The molecule has 1 aromatic heterocycles. The molecule has 2 N–H and O–H groups in total. The summed E-state index contributed by atoms with van der Waals surface area (Å²) in [6.07, 6.45) is 0. The molecule has 1 heterocycles. The number of halogens is 1. The van der Waals surface area contributed by atoms with Crippen molar-refractivity contribution < 1.29 is 4.79 Å². The fourth-order valence-electron chi connectivity index (χ4n) is 1.12. The van der Waals surface area contributed by atoms with Gasteiger partial charge in [0.15, 0.2) is 5.96 Å². The second kappa shape index (κ2) is 9.15. The highest BCUT2D eigenvalue weighted by Crippen LogP contribution is 2.06. The predicted octanol–water partition coefficient (Wildman–Crippen LogP) is 1.12. The molecule has 0 fully saturated rings. The van der Waals surface area contributed by atoms with Gasteiger partial charge in [-0.15, -0.1) is 35.3 Å². The Bertz CT molecular complexity index is 378. The Morgan fingerprint density at radius 3 is 2.67 bits per heavy atom. The Kier molecular flexibility index (Phi) is 8.73. The number of hydrogen-bond donors (Lipinski definition) is 2.